The number of aromatic nitrogens is 2. The van der Waals surface area contributed by atoms with Crippen molar-refractivity contribution in [2.45, 2.75) is 19.1 Å². The van der Waals surface area contributed by atoms with Gasteiger partial charge in [0.1, 0.15) is 17.7 Å². The van der Waals surface area contributed by atoms with E-state index in [-0.39, 0.29) is 12.1 Å². The van der Waals surface area contributed by atoms with Gasteiger partial charge in [0.25, 0.3) is 0 Å². The molecular formula is C25H33N5O3S. The van der Waals surface area contributed by atoms with E-state index in [1.54, 1.807) is 11.3 Å². The summed E-state index contributed by atoms with van der Waals surface area (Å²) in [5, 5.41) is 5.29. The lowest BCUT2D eigenvalue weighted by molar-refractivity contribution is 0.112. The van der Waals surface area contributed by atoms with Crippen LogP contribution in [0.5, 0.6) is 11.8 Å². The highest BCUT2D eigenvalue weighted by atomic mass is 32.1. The Kier molecular flexibility index (Phi) is 9.81. The zero-order valence-electron chi connectivity index (χ0n) is 20.2. The maximum absolute atomic E-state index is 11.4. The predicted octanol–water partition coefficient (Wildman–Crippen LogP) is 3.66. The van der Waals surface area contributed by atoms with Crippen LogP contribution in [0.2, 0.25) is 0 Å². The normalized spacial score (nSPS) is 11.9. The van der Waals surface area contributed by atoms with Crippen molar-refractivity contribution in [2.75, 3.05) is 52.8 Å². The molecular weight excluding hydrogens is 450 g/mol. The maximum atomic E-state index is 11.4. The maximum Gasteiger partial charge on any atom is 0.318 e. The summed E-state index contributed by atoms with van der Waals surface area (Å²) in [5.74, 6) is 1.44. The Morgan fingerprint density at radius 3 is 2.62 bits per heavy atom. The van der Waals surface area contributed by atoms with Crippen LogP contribution in [0.15, 0.2) is 48.0 Å². The summed E-state index contributed by atoms with van der Waals surface area (Å²) in [5.41, 5.74) is 1.65. The molecule has 0 spiro atoms. The second kappa shape index (κ2) is 13.0. The zero-order valence-corrected chi connectivity index (χ0v) is 21.0. The Bertz CT molecular complexity index is 1010. The van der Waals surface area contributed by atoms with Gasteiger partial charge in [-0.1, -0.05) is 18.2 Å². The first-order valence-corrected chi connectivity index (χ1v) is 12.1. The molecule has 9 heteroatoms. The first kappa shape index (κ1) is 25.6. The first-order chi connectivity index (χ1) is 16.5. The average Bonchev–Trinajstić information content (AvgIpc) is 3.40. The molecule has 1 unspecified atom stereocenters. The molecule has 0 saturated carbocycles. The number of nitrogens with one attached hydrogen (secondary N) is 1. The molecule has 182 valence electrons. The van der Waals surface area contributed by atoms with Gasteiger partial charge in [-0.3, -0.25) is 4.79 Å². The molecule has 2 aromatic heterocycles. The van der Waals surface area contributed by atoms with Crippen molar-refractivity contribution in [3.05, 3.63) is 64.0 Å². The Balaban J connectivity index is 1.53. The Morgan fingerprint density at radius 1 is 1.18 bits per heavy atom. The van der Waals surface area contributed by atoms with Crippen LogP contribution in [0, 0.1) is 0 Å². The topological polar surface area (TPSA) is 79.8 Å². The highest BCUT2D eigenvalue weighted by Gasteiger charge is 2.15. The van der Waals surface area contributed by atoms with Gasteiger partial charge < -0.3 is 24.6 Å². The van der Waals surface area contributed by atoms with E-state index in [0.717, 1.165) is 38.1 Å². The summed E-state index contributed by atoms with van der Waals surface area (Å²) in [4.78, 5) is 25.1. The molecule has 3 rings (SSSR count). The van der Waals surface area contributed by atoms with Gasteiger partial charge in [-0.15, -0.1) is 11.3 Å². The number of hydrogen-bond acceptors (Lipinski definition) is 9. The molecule has 34 heavy (non-hydrogen) atoms. The summed E-state index contributed by atoms with van der Waals surface area (Å²) in [6, 6.07) is 12.7. The molecule has 3 aromatic rings. The van der Waals surface area contributed by atoms with Crippen LogP contribution in [-0.2, 0) is 6.54 Å². The minimum Gasteiger partial charge on any atom is -0.485 e. The third-order valence-electron chi connectivity index (χ3n) is 5.43. The lowest BCUT2D eigenvalue weighted by atomic mass is 10.2. The van der Waals surface area contributed by atoms with E-state index in [4.69, 9.17) is 9.47 Å². The molecule has 8 nitrogen and oxygen atoms in total. The van der Waals surface area contributed by atoms with Gasteiger partial charge in [-0.25, -0.2) is 4.98 Å². The highest BCUT2D eigenvalue weighted by Crippen LogP contribution is 2.28. The van der Waals surface area contributed by atoms with E-state index in [1.165, 1.54) is 23.7 Å². The monoisotopic (exact) mass is 483 g/mol. The second-order valence-electron chi connectivity index (χ2n) is 8.07. The van der Waals surface area contributed by atoms with E-state index in [1.807, 2.05) is 31.1 Å². The minimum atomic E-state index is 0.0492. The van der Waals surface area contributed by atoms with Crippen LogP contribution >= 0.6 is 11.3 Å². The third-order valence-corrected chi connectivity index (χ3v) is 6.40. The molecule has 0 aliphatic rings. The van der Waals surface area contributed by atoms with Gasteiger partial charge in [-0.05, 0) is 49.8 Å². The lowest BCUT2D eigenvalue weighted by Crippen LogP contribution is -2.31. The summed E-state index contributed by atoms with van der Waals surface area (Å²) in [6.07, 6.45) is 3.22. The van der Waals surface area contributed by atoms with Crippen molar-refractivity contribution in [1.82, 2.24) is 20.2 Å². The number of rotatable bonds is 14. The van der Waals surface area contributed by atoms with Crippen molar-refractivity contribution in [1.29, 1.82) is 0 Å². The van der Waals surface area contributed by atoms with Crippen LogP contribution in [0.25, 0.3) is 0 Å². The largest absolute Gasteiger partial charge is 0.485 e. The van der Waals surface area contributed by atoms with E-state index >= 15 is 0 Å². The summed E-state index contributed by atoms with van der Waals surface area (Å²) in [7, 11) is 7.45. The van der Waals surface area contributed by atoms with Crippen LogP contribution in [0.3, 0.4) is 0 Å². The number of anilines is 1. The SMILES string of the molecule is CNCCC(Oc1ccc(CN(C)CCN(C)c2nc(OC)ncc2C=O)cc1)c1cccs1. The Labute approximate surface area is 205 Å². The summed E-state index contributed by atoms with van der Waals surface area (Å²) >= 11 is 1.73. The molecule has 0 saturated heterocycles. The highest BCUT2D eigenvalue weighted by molar-refractivity contribution is 7.10. The van der Waals surface area contributed by atoms with Gasteiger partial charge in [0, 0.05) is 44.2 Å². The summed E-state index contributed by atoms with van der Waals surface area (Å²) < 4.78 is 11.4. The molecule has 1 aromatic carbocycles. The van der Waals surface area contributed by atoms with Crippen LogP contribution < -0.4 is 19.7 Å². The van der Waals surface area contributed by atoms with E-state index in [0.29, 0.717) is 17.9 Å². The molecule has 0 fully saturated rings. The molecule has 0 aliphatic heterocycles. The fourth-order valence-corrected chi connectivity index (χ4v) is 4.31. The number of likely N-dealkylation sites (N-methyl/N-ethyl adjacent to an activating group) is 2. The van der Waals surface area contributed by atoms with Gasteiger partial charge in [0.2, 0.25) is 0 Å². The average molecular weight is 484 g/mol. The molecule has 0 amide bonds. The van der Waals surface area contributed by atoms with Crippen molar-refractivity contribution in [3.63, 3.8) is 0 Å². The molecule has 2 heterocycles. The zero-order chi connectivity index (χ0) is 24.3. The van der Waals surface area contributed by atoms with Crippen molar-refractivity contribution in [3.8, 4) is 11.8 Å². The lowest BCUT2D eigenvalue weighted by Gasteiger charge is -2.24. The molecule has 0 bridgehead atoms. The third kappa shape index (κ3) is 7.24. The fraction of sp³-hybridized carbons (Fsp3) is 0.400. The second-order valence-corrected chi connectivity index (χ2v) is 9.05. The van der Waals surface area contributed by atoms with Gasteiger partial charge in [0.15, 0.2) is 6.29 Å². The Morgan fingerprint density at radius 2 is 1.97 bits per heavy atom. The smallest absolute Gasteiger partial charge is 0.318 e. The van der Waals surface area contributed by atoms with Gasteiger partial charge in [-0.2, -0.15) is 4.98 Å². The Hall–Kier alpha value is -3.01. The predicted molar refractivity (Wildman–Crippen MR) is 136 cm³/mol. The number of methoxy groups -OCH3 is 1. The van der Waals surface area contributed by atoms with E-state index in [9.17, 15) is 4.79 Å². The van der Waals surface area contributed by atoms with Crippen molar-refractivity contribution in [2.24, 2.45) is 0 Å². The van der Waals surface area contributed by atoms with E-state index < -0.39 is 0 Å². The van der Waals surface area contributed by atoms with Gasteiger partial charge in [0.05, 0.1) is 12.7 Å². The van der Waals surface area contributed by atoms with E-state index in [2.05, 4.69) is 56.9 Å². The number of carbonyl (C=O) groups is 1. The first-order valence-electron chi connectivity index (χ1n) is 11.2. The quantitative estimate of drug-likeness (QED) is 0.348. The number of aldehydes is 1. The molecule has 0 radical (unpaired) electrons. The van der Waals surface area contributed by atoms with Crippen molar-refractivity contribution >= 4 is 23.4 Å². The fourth-order valence-electron chi connectivity index (χ4n) is 3.52. The van der Waals surface area contributed by atoms with Gasteiger partial charge >= 0.3 is 6.01 Å². The van der Waals surface area contributed by atoms with Crippen LogP contribution in [0.4, 0.5) is 5.82 Å². The molecule has 0 aliphatic carbocycles. The molecule has 1 atom stereocenters. The standard InChI is InChI=1S/C25H33N5O3S/c1-26-12-11-22(23-6-5-15-34-23)33-21-9-7-19(8-10-21)17-29(2)13-14-30(3)24-20(18-31)16-27-25(28-24)32-4/h5-10,15-16,18,22,26H,11-14,17H2,1-4H3. The molecule has 1 N–H and O–H groups in total. The number of thiophene rings is 1. The summed E-state index contributed by atoms with van der Waals surface area (Å²) in [6.45, 7) is 3.20. The van der Waals surface area contributed by atoms with Crippen LogP contribution in [-0.4, -0.2) is 69.0 Å². The number of carbonyl (C=O) groups excluding carboxylic acids is 1. The number of ether oxygens (including phenoxy) is 2. The van der Waals surface area contributed by atoms with Crippen molar-refractivity contribution < 1.29 is 14.3 Å². The number of benzene rings is 1. The number of nitrogens with zero attached hydrogens (tertiary/aromatic N) is 4. The van der Waals surface area contributed by atoms with Crippen LogP contribution in [0.1, 0.15) is 33.3 Å². The number of hydrogen-bond donors (Lipinski definition) is 1. The minimum absolute atomic E-state index is 0.0492.